The molecule has 0 aliphatic heterocycles. The lowest BCUT2D eigenvalue weighted by Crippen LogP contribution is -2.33. The zero-order chi connectivity index (χ0) is 13.3. The minimum atomic E-state index is 0.176. The lowest BCUT2D eigenvalue weighted by molar-refractivity contribution is 0.389. The Kier molecular flexibility index (Phi) is 3.49. The third kappa shape index (κ3) is 3.09. The molecule has 1 atom stereocenters. The van der Waals surface area contributed by atoms with E-state index in [9.17, 15) is 0 Å². The molecule has 1 aromatic rings. The van der Waals surface area contributed by atoms with E-state index in [4.69, 9.17) is 0 Å². The maximum Gasteiger partial charge on any atom is 0.00685 e. The largest absolute Gasteiger partial charge is 0.313 e. The van der Waals surface area contributed by atoms with E-state index >= 15 is 0 Å². The maximum atomic E-state index is 4.06. The molecule has 0 spiro atoms. The Hall–Kier alpha value is -1.08. The lowest BCUT2D eigenvalue weighted by atomic mass is 9.83. The smallest absolute Gasteiger partial charge is 0.00685 e. The summed E-state index contributed by atoms with van der Waals surface area (Å²) in [5.74, 6) is 0. The van der Waals surface area contributed by atoms with Gasteiger partial charge in [0.15, 0.2) is 0 Å². The van der Waals surface area contributed by atoms with Gasteiger partial charge >= 0.3 is 0 Å². The highest BCUT2D eigenvalue weighted by molar-refractivity contribution is 5.36. The van der Waals surface area contributed by atoms with Crippen molar-refractivity contribution in [1.29, 1.82) is 0 Å². The van der Waals surface area contributed by atoms with Crippen LogP contribution in [0.5, 0.6) is 0 Å². The van der Waals surface area contributed by atoms with E-state index < -0.39 is 0 Å². The van der Waals surface area contributed by atoms with Crippen LogP contribution in [0.3, 0.4) is 0 Å². The van der Waals surface area contributed by atoms with Crippen molar-refractivity contribution < 1.29 is 0 Å². The number of hydrogen-bond donors (Lipinski definition) is 1. The zero-order valence-electron chi connectivity index (χ0n) is 12.0. The van der Waals surface area contributed by atoms with Crippen molar-refractivity contribution in [3.63, 3.8) is 0 Å². The van der Waals surface area contributed by atoms with Gasteiger partial charge in [-0.3, -0.25) is 0 Å². The summed E-state index contributed by atoms with van der Waals surface area (Å²) in [5, 5.41) is 3.65. The molecule has 1 heteroatoms. The van der Waals surface area contributed by atoms with Crippen molar-refractivity contribution in [1.82, 2.24) is 5.32 Å². The molecule has 19 heavy (non-hydrogen) atoms. The SMILES string of the molecule is C=CC(C)(CNC1CC1)Cc1ccc2c(c1)CCC2. The van der Waals surface area contributed by atoms with Gasteiger partial charge in [0.05, 0.1) is 0 Å². The van der Waals surface area contributed by atoms with Crippen LogP contribution in [0, 0.1) is 5.41 Å². The van der Waals surface area contributed by atoms with Crippen LogP contribution in [0.1, 0.15) is 42.9 Å². The topological polar surface area (TPSA) is 12.0 Å². The molecule has 0 heterocycles. The standard InChI is InChI=1S/C18H25N/c1-3-18(2,13-19-17-9-10-17)12-14-7-8-15-5-4-6-16(15)11-14/h3,7-8,11,17,19H,1,4-6,9-10,12-13H2,2H3. The molecule has 1 saturated carbocycles. The molecule has 2 aliphatic carbocycles. The van der Waals surface area contributed by atoms with E-state index in [0.717, 1.165) is 19.0 Å². The Morgan fingerprint density at radius 2 is 2.11 bits per heavy atom. The monoisotopic (exact) mass is 255 g/mol. The van der Waals surface area contributed by atoms with Crippen molar-refractivity contribution in [2.45, 2.75) is 51.5 Å². The van der Waals surface area contributed by atoms with Crippen LogP contribution < -0.4 is 5.32 Å². The molecule has 0 bridgehead atoms. The third-order valence-electron chi connectivity index (χ3n) is 4.64. The third-order valence-corrected chi connectivity index (χ3v) is 4.64. The minimum absolute atomic E-state index is 0.176. The van der Waals surface area contributed by atoms with Crippen molar-refractivity contribution in [2.24, 2.45) is 5.41 Å². The van der Waals surface area contributed by atoms with E-state index in [2.05, 4.69) is 43.1 Å². The first-order valence-electron chi connectivity index (χ1n) is 7.66. The molecule has 0 aromatic heterocycles. The molecule has 2 aliphatic rings. The summed E-state index contributed by atoms with van der Waals surface area (Å²) in [6.45, 7) is 7.44. The number of fused-ring (bicyclic) bond motifs is 1. The van der Waals surface area contributed by atoms with Crippen molar-refractivity contribution >= 4 is 0 Å². The van der Waals surface area contributed by atoms with E-state index in [1.54, 1.807) is 11.1 Å². The highest BCUT2D eigenvalue weighted by Crippen LogP contribution is 2.29. The molecular weight excluding hydrogens is 230 g/mol. The molecule has 1 N–H and O–H groups in total. The predicted molar refractivity (Wildman–Crippen MR) is 81.5 cm³/mol. The first-order valence-corrected chi connectivity index (χ1v) is 7.66. The second-order valence-electron chi connectivity index (χ2n) is 6.65. The van der Waals surface area contributed by atoms with Crippen LogP contribution in [0.25, 0.3) is 0 Å². The Labute approximate surface area is 117 Å². The Morgan fingerprint density at radius 1 is 1.32 bits per heavy atom. The molecular formula is C18H25N. The fourth-order valence-corrected chi connectivity index (χ4v) is 3.07. The van der Waals surface area contributed by atoms with Gasteiger partial charge in [-0.1, -0.05) is 31.2 Å². The fraction of sp³-hybridized carbons (Fsp3) is 0.556. The Balaban J connectivity index is 1.68. The number of aryl methyl sites for hydroxylation is 2. The Bertz CT molecular complexity index is 473. The summed E-state index contributed by atoms with van der Waals surface area (Å²) in [5.41, 5.74) is 4.80. The summed E-state index contributed by atoms with van der Waals surface area (Å²) < 4.78 is 0. The quantitative estimate of drug-likeness (QED) is 0.765. The van der Waals surface area contributed by atoms with Gasteiger partial charge in [0.1, 0.15) is 0 Å². The van der Waals surface area contributed by atoms with Crippen molar-refractivity contribution in [2.75, 3.05) is 6.54 Å². The van der Waals surface area contributed by atoms with Gasteiger partial charge in [-0.2, -0.15) is 0 Å². The molecule has 0 amide bonds. The first kappa shape index (κ1) is 12.9. The van der Waals surface area contributed by atoms with Crippen LogP contribution in [0.15, 0.2) is 30.9 Å². The molecule has 1 nitrogen and oxygen atoms in total. The maximum absolute atomic E-state index is 4.06. The van der Waals surface area contributed by atoms with E-state index in [-0.39, 0.29) is 5.41 Å². The second-order valence-corrected chi connectivity index (χ2v) is 6.65. The molecule has 3 rings (SSSR count). The Morgan fingerprint density at radius 3 is 2.84 bits per heavy atom. The highest BCUT2D eigenvalue weighted by atomic mass is 15.0. The van der Waals surface area contributed by atoms with Crippen LogP contribution in [0.2, 0.25) is 0 Å². The highest BCUT2D eigenvalue weighted by Gasteiger charge is 2.27. The molecule has 1 fully saturated rings. The predicted octanol–water partition coefficient (Wildman–Crippen LogP) is 3.66. The number of benzene rings is 1. The summed E-state index contributed by atoms with van der Waals surface area (Å²) in [7, 11) is 0. The molecule has 1 aromatic carbocycles. The lowest BCUT2D eigenvalue weighted by Gasteiger charge is -2.26. The van der Waals surface area contributed by atoms with Crippen molar-refractivity contribution in [3.05, 3.63) is 47.5 Å². The summed E-state index contributed by atoms with van der Waals surface area (Å²) in [6.07, 6.45) is 9.82. The van der Waals surface area contributed by atoms with Gasteiger partial charge < -0.3 is 5.32 Å². The number of hydrogen-bond acceptors (Lipinski definition) is 1. The summed E-state index contributed by atoms with van der Waals surface area (Å²) in [4.78, 5) is 0. The summed E-state index contributed by atoms with van der Waals surface area (Å²) >= 11 is 0. The van der Waals surface area contributed by atoms with E-state index in [1.165, 1.54) is 37.7 Å². The van der Waals surface area contributed by atoms with Crippen LogP contribution in [-0.4, -0.2) is 12.6 Å². The molecule has 102 valence electrons. The van der Waals surface area contributed by atoms with Gasteiger partial charge in [-0.05, 0) is 55.2 Å². The van der Waals surface area contributed by atoms with E-state index in [0.29, 0.717) is 0 Å². The number of nitrogens with one attached hydrogen (secondary N) is 1. The normalized spacial score (nSPS) is 20.9. The van der Waals surface area contributed by atoms with Gasteiger partial charge in [-0.15, -0.1) is 6.58 Å². The second kappa shape index (κ2) is 5.13. The molecule has 0 saturated heterocycles. The van der Waals surface area contributed by atoms with Crippen LogP contribution in [-0.2, 0) is 19.3 Å². The average Bonchev–Trinajstić information content (AvgIpc) is 3.13. The molecule has 1 unspecified atom stereocenters. The molecule has 0 radical (unpaired) electrons. The van der Waals surface area contributed by atoms with Gasteiger partial charge in [0, 0.05) is 18.0 Å². The minimum Gasteiger partial charge on any atom is -0.313 e. The van der Waals surface area contributed by atoms with Gasteiger partial charge in [-0.25, -0.2) is 0 Å². The van der Waals surface area contributed by atoms with E-state index in [1.807, 2.05) is 0 Å². The summed E-state index contributed by atoms with van der Waals surface area (Å²) in [6, 6.07) is 7.87. The van der Waals surface area contributed by atoms with Crippen LogP contribution >= 0.6 is 0 Å². The first-order chi connectivity index (χ1) is 9.18. The van der Waals surface area contributed by atoms with Crippen molar-refractivity contribution in [3.8, 4) is 0 Å². The van der Waals surface area contributed by atoms with Crippen LogP contribution in [0.4, 0.5) is 0 Å². The zero-order valence-corrected chi connectivity index (χ0v) is 12.0. The number of rotatable bonds is 6. The fourth-order valence-electron chi connectivity index (χ4n) is 3.07. The van der Waals surface area contributed by atoms with Gasteiger partial charge in [0.2, 0.25) is 0 Å². The van der Waals surface area contributed by atoms with Gasteiger partial charge in [0.25, 0.3) is 0 Å². The average molecular weight is 255 g/mol.